The number of aromatic nitrogens is 2. The topological polar surface area (TPSA) is 41.2 Å². The van der Waals surface area contributed by atoms with Crippen LogP contribution in [0.4, 0.5) is 0 Å². The molecule has 1 aliphatic rings. The summed E-state index contributed by atoms with van der Waals surface area (Å²) in [7, 11) is 0. The van der Waals surface area contributed by atoms with Crippen molar-refractivity contribution in [2.75, 3.05) is 26.3 Å². The quantitative estimate of drug-likeness (QED) is 0.871. The summed E-state index contributed by atoms with van der Waals surface area (Å²) in [5.74, 6) is 0. The Morgan fingerprint density at radius 1 is 1.50 bits per heavy atom. The van der Waals surface area contributed by atoms with Gasteiger partial charge in [0.25, 0.3) is 0 Å². The van der Waals surface area contributed by atoms with Crippen LogP contribution in [0.5, 0.6) is 0 Å². The lowest BCUT2D eigenvalue weighted by molar-refractivity contribution is 0.0335. The molecule has 1 aromatic heterocycles. The fourth-order valence-corrected chi connectivity index (χ4v) is 1.84. The van der Waals surface area contributed by atoms with E-state index in [1.165, 1.54) is 0 Å². The van der Waals surface area contributed by atoms with E-state index in [1.54, 1.807) is 0 Å². The van der Waals surface area contributed by atoms with Gasteiger partial charge >= 0.3 is 0 Å². The molecule has 0 aliphatic carbocycles. The molecule has 0 amide bonds. The molecule has 0 atom stereocenters. The van der Waals surface area contributed by atoms with E-state index in [1.807, 2.05) is 6.92 Å². The number of nitrogens with zero attached hydrogens (tertiary/aromatic N) is 2. The minimum Gasteiger partial charge on any atom is -0.379 e. The van der Waals surface area contributed by atoms with Crippen LogP contribution in [-0.2, 0) is 11.3 Å². The van der Waals surface area contributed by atoms with Crippen molar-refractivity contribution < 1.29 is 4.74 Å². The van der Waals surface area contributed by atoms with Gasteiger partial charge in [0.15, 0.2) is 0 Å². The smallest absolute Gasteiger partial charge is 0.0907 e. The van der Waals surface area contributed by atoms with E-state index < -0.39 is 0 Å². The molecule has 2 rings (SSSR count). The number of aryl methyl sites for hydroxylation is 1. The molecule has 0 radical (unpaired) electrons. The molecule has 0 unspecified atom stereocenters. The Bertz CT molecular complexity index is 307. The van der Waals surface area contributed by atoms with Gasteiger partial charge in [0.05, 0.1) is 23.4 Å². The number of hydrogen-bond acceptors (Lipinski definition) is 3. The van der Waals surface area contributed by atoms with Gasteiger partial charge in [-0.25, -0.2) is 0 Å². The van der Waals surface area contributed by atoms with Gasteiger partial charge < -0.3 is 4.74 Å². The minimum atomic E-state index is 0.834. The molecule has 0 bridgehead atoms. The van der Waals surface area contributed by atoms with E-state index in [0.717, 1.165) is 48.7 Å². The summed E-state index contributed by atoms with van der Waals surface area (Å²) in [4.78, 5) is 2.35. The molecule has 1 N–H and O–H groups in total. The van der Waals surface area contributed by atoms with Gasteiger partial charge in [-0.15, -0.1) is 0 Å². The maximum Gasteiger partial charge on any atom is 0.0907 e. The fraction of sp³-hybridized carbons (Fsp3) is 0.667. The predicted molar refractivity (Wildman–Crippen MR) is 57.1 cm³/mol. The monoisotopic (exact) mass is 259 g/mol. The van der Waals surface area contributed by atoms with Crippen LogP contribution < -0.4 is 0 Å². The van der Waals surface area contributed by atoms with Crippen LogP contribution in [0.25, 0.3) is 0 Å². The Morgan fingerprint density at radius 3 is 2.79 bits per heavy atom. The standard InChI is InChI=1S/C9H14BrN3O/c1-7-9(10)8(12-11-7)6-13-2-4-14-5-3-13/h2-6H2,1H3,(H,11,12). The number of nitrogens with one attached hydrogen (secondary N) is 1. The summed E-state index contributed by atoms with van der Waals surface area (Å²) >= 11 is 3.53. The van der Waals surface area contributed by atoms with Crippen molar-refractivity contribution >= 4 is 15.9 Å². The summed E-state index contributed by atoms with van der Waals surface area (Å²) in [6, 6.07) is 0. The first kappa shape index (κ1) is 10.1. The third-order valence-electron chi connectivity index (χ3n) is 2.42. The number of H-pyrrole nitrogens is 1. The number of morpholine rings is 1. The highest BCUT2D eigenvalue weighted by molar-refractivity contribution is 9.10. The zero-order chi connectivity index (χ0) is 9.97. The van der Waals surface area contributed by atoms with Crippen molar-refractivity contribution in [1.29, 1.82) is 0 Å². The Morgan fingerprint density at radius 2 is 2.21 bits per heavy atom. The molecule has 1 fully saturated rings. The maximum atomic E-state index is 5.29. The van der Waals surface area contributed by atoms with Crippen LogP contribution in [0.2, 0.25) is 0 Å². The molecule has 0 spiro atoms. The lowest BCUT2D eigenvalue weighted by atomic mass is 10.3. The summed E-state index contributed by atoms with van der Waals surface area (Å²) in [6.45, 7) is 6.58. The lowest BCUT2D eigenvalue weighted by Gasteiger charge is -2.25. The van der Waals surface area contributed by atoms with Crippen LogP contribution in [-0.4, -0.2) is 41.4 Å². The summed E-state index contributed by atoms with van der Waals surface area (Å²) in [5, 5.41) is 7.23. The molecule has 14 heavy (non-hydrogen) atoms. The van der Waals surface area contributed by atoms with Crippen molar-refractivity contribution in [3.63, 3.8) is 0 Å². The number of halogens is 1. The molecule has 78 valence electrons. The van der Waals surface area contributed by atoms with Gasteiger partial charge in [0.2, 0.25) is 0 Å². The van der Waals surface area contributed by atoms with Crippen molar-refractivity contribution in [3.8, 4) is 0 Å². The van der Waals surface area contributed by atoms with E-state index >= 15 is 0 Å². The zero-order valence-corrected chi connectivity index (χ0v) is 9.80. The first-order chi connectivity index (χ1) is 6.77. The molecule has 1 aliphatic heterocycles. The molecular formula is C9H14BrN3O. The minimum absolute atomic E-state index is 0.834. The summed E-state index contributed by atoms with van der Waals surface area (Å²) < 4.78 is 6.39. The van der Waals surface area contributed by atoms with Crippen molar-refractivity contribution in [3.05, 3.63) is 15.9 Å². The molecule has 4 nitrogen and oxygen atoms in total. The number of aromatic amines is 1. The largest absolute Gasteiger partial charge is 0.379 e. The molecule has 0 saturated carbocycles. The second kappa shape index (κ2) is 4.42. The number of hydrogen-bond donors (Lipinski definition) is 1. The van der Waals surface area contributed by atoms with Crippen LogP contribution in [0, 0.1) is 6.92 Å². The first-order valence-electron chi connectivity index (χ1n) is 4.77. The normalized spacial score (nSPS) is 18.7. The molecule has 0 aromatic carbocycles. The van der Waals surface area contributed by atoms with Crippen molar-refractivity contribution in [1.82, 2.24) is 15.1 Å². The van der Waals surface area contributed by atoms with E-state index in [9.17, 15) is 0 Å². The second-order valence-electron chi connectivity index (χ2n) is 3.50. The van der Waals surface area contributed by atoms with Crippen LogP contribution in [0.1, 0.15) is 11.4 Å². The number of ether oxygens (including phenoxy) is 1. The maximum absolute atomic E-state index is 5.29. The third kappa shape index (κ3) is 2.16. The van der Waals surface area contributed by atoms with Gasteiger partial charge in [-0.1, -0.05) is 0 Å². The Hall–Kier alpha value is -0.390. The van der Waals surface area contributed by atoms with Crippen LogP contribution in [0.15, 0.2) is 4.47 Å². The molecule has 1 aromatic rings. The van der Waals surface area contributed by atoms with Gasteiger partial charge in [-0.3, -0.25) is 10.00 Å². The van der Waals surface area contributed by atoms with E-state index in [0.29, 0.717) is 0 Å². The van der Waals surface area contributed by atoms with Gasteiger partial charge in [0, 0.05) is 25.3 Å². The highest BCUT2D eigenvalue weighted by Crippen LogP contribution is 2.19. The van der Waals surface area contributed by atoms with Crippen LogP contribution in [0.3, 0.4) is 0 Å². The lowest BCUT2D eigenvalue weighted by Crippen LogP contribution is -2.35. The average molecular weight is 260 g/mol. The molecular weight excluding hydrogens is 246 g/mol. The summed E-state index contributed by atoms with van der Waals surface area (Å²) in [6.07, 6.45) is 0. The van der Waals surface area contributed by atoms with Crippen LogP contribution >= 0.6 is 15.9 Å². The highest BCUT2D eigenvalue weighted by Gasteiger charge is 2.14. The van der Waals surface area contributed by atoms with Gasteiger partial charge in [-0.2, -0.15) is 5.10 Å². The van der Waals surface area contributed by atoms with Gasteiger partial charge in [0.1, 0.15) is 0 Å². The molecule has 2 heterocycles. The average Bonchev–Trinajstić information content (AvgIpc) is 2.52. The fourth-order valence-electron chi connectivity index (χ4n) is 1.54. The predicted octanol–water partition coefficient (Wildman–Crippen LogP) is 1.31. The van der Waals surface area contributed by atoms with E-state index in [4.69, 9.17) is 4.74 Å². The highest BCUT2D eigenvalue weighted by atomic mass is 79.9. The third-order valence-corrected chi connectivity index (χ3v) is 3.47. The second-order valence-corrected chi connectivity index (χ2v) is 4.29. The van der Waals surface area contributed by atoms with E-state index in [-0.39, 0.29) is 0 Å². The summed E-state index contributed by atoms with van der Waals surface area (Å²) in [5.41, 5.74) is 2.18. The van der Waals surface area contributed by atoms with Crippen molar-refractivity contribution in [2.24, 2.45) is 0 Å². The molecule has 1 saturated heterocycles. The Balaban J connectivity index is 1.99. The Labute approximate surface area is 91.8 Å². The molecule has 5 heteroatoms. The first-order valence-corrected chi connectivity index (χ1v) is 5.56. The van der Waals surface area contributed by atoms with Crippen molar-refractivity contribution in [2.45, 2.75) is 13.5 Å². The van der Waals surface area contributed by atoms with E-state index in [2.05, 4.69) is 31.0 Å². The SMILES string of the molecule is Cc1[nH]nc(CN2CCOCC2)c1Br. The zero-order valence-electron chi connectivity index (χ0n) is 8.22. The van der Waals surface area contributed by atoms with Gasteiger partial charge in [-0.05, 0) is 22.9 Å². The Kier molecular flexibility index (Phi) is 3.20. The number of rotatable bonds is 2.